The highest BCUT2D eigenvalue weighted by Crippen LogP contribution is 2.65. The van der Waals surface area contributed by atoms with E-state index in [4.69, 9.17) is 35.3 Å². The number of hydrogen-bond donors (Lipinski definition) is 3. The Morgan fingerprint density at radius 1 is 1.16 bits per heavy atom. The van der Waals surface area contributed by atoms with Crippen LogP contribution >= 0.6 is 23.8 Å². The zero-order valence-corrected chi connectivity index (χ0v) is 21.9. The smallest absolute Gasteiger partial charge is 0.248 e. The molecule has 2 aromatic carbocycles. The lowest BCUT2D eigenvalue weighted by Gasteiger charge is -2.67. The number of benzene rings is 2. The maximum Gasteiger partial charge on any atom is 0.248 e. The summed E-state index contributed by atoms with van der Waals surface area (Å²) in [6.07, 6.45) is 4.65. The first-order valence-electron chi connectivity index (χ1n) is 12.7. The van der Waals surface area contributed by atoms with E-state index in [0.29, 0.717) is 29.4 Å². The van der Waals surface area contributed by atoms with Crippen LogP contribution in [0.1, 0.15) is 62.1 Å². The number of nitrogens with one attached hydrogen (secondary N) is 1. The molecule has 9 heteroatoms. The number of alkyl halides is 2. The van der Waals surface area contributed by atoms with Crippen LogP contribution in [0.2, 0.25) is 5.02 Å². The van der Waals surface area contributed by atoms with Gasteiger partial charge in [-0.15, -0.1) is 0 Å². The highest BCUT2D eigenvalue weighted by atomic mass is 35.5. The largest absolute Gasteiger partial charge is 0.389 e. The van der Waals surface area contributed by atoms with Gasteiger partial charge in [-0.2, -0.15) is 0 Å². The van der Waals surface area contributed by atoms with Gasteiger partial charge in [0.15, 0.2) is 0 Å². The van der Waals surface area contributed by atoms with Crippen molar-refractivity contribution in [2.45, 2.75) is 69.0 Å². The summed E-state index contributed by atoms with van der Waals surface area (Å²) in [6.45, 7) is 0.299. The van der Waals surface area contributed by atoms with Crippen molar-refractivity contribution in [3.8, 4) is 11.1 Å². The molecule has 194 valence electrons. The molecule has 0 spiro atoms. The van der Waals surface area contributed by atoms with Gasteiger partial charge in [0.1, 0.15) is 4.99 Å². The molecule has 0 aliphatic heterocycles. The first-order chi connectivity index (χ1) is 17.5. The number of amides is 1. The van der Waals surface area contributed by atoms with Crippen LogP contribution in [0, 0.1) is 5.41 Å². The topological polar surface area (TPSA) is 86.1 Å². The van der Waals surface area contributed by atoms with E-state index < -0.39 is 5.92 Å². The maximum absolute atomic E-state index is 14.0. The lowest BCUT2D eigenvalue weighted by Crippen LogP contribution is -2.76. The summed E-state index contributed by atoms with van der Waals surface area (Å²) >= 11 is 12.2. The minimum Gasteiger partial charge on any atom is -0.389 e. The highest BCUT2D eigenvalue weighted by Gasteiger charge is 2.69. The van der Waals surface area contributed by atoms with Crippen molar-refractivity contribution < 1.29 is 13.6 Å². The van der Waals surface area contributed by atoms with Crippen molar-refractivity contribution >= 4 is 45.6 Å². The number of hydrogen-bond acceptors (Lipinski definition) is 3. The summed E-state index contributed by atoms with van der Waals surface area (Å²) in [4.78, 5) is 13.1. The number of thiocarbonyl (C=S) groups is 1. The first-order valence-corrected chi connectivity index (χ1v) is 13.5. The molecule has 4 aliphatic carbocycles. The summed E-state index contributed by atoms with van der Waals surface area (Å²) in [5.41, 5.74) is 15.7. The third-order valence-corrected chi connectivity index (χ3v) is 9.20. The van der Waals surface area contributed by atoms with E-state index in [0.717, 1.165) is 52.4 Å². The standard InChI is InChI=1S/C28H29ClF2N4OS/c29-22-18(11-34-25(36)26-13-27(33,14-26)15-26)4-5-20-21(16-2-1-3-17(10-16)24(32)37)12-35(23(20)22)19-6-8-28(30,31)9-7-19/h1-5,10,12,19H,6-9,11,13-15,33H2,(H2,32,37)(H,34,36). The van der Waals surface area contributed by atoms with Crippen molar-refractivity contribution in [1.82, 2.24) is 9.88 Å². The van der Waals surface area contributed by atoms with Gasteiger partial charge in [-0.1, -0.05) is 54.2 Å². The molecule has 0 unspecified atom stereocenters. The Morgan fingerprint density at radius 2 is 1.86 bits per heavy atom. The van der Waals surface area contributed by atoms with E-state index in [2.05, 4.69) is 9.88 Å². The summed E-state index contributed by atoms with van der Waals surface area (Å²) in [7, 11) is 0. The van der Waals surface area contributed by atoms with Crippen molar-refractivity contribution in [1.29, 1.82) is 0 Å². The van der Waals surface area contributed by atoms with E-state index in [9.17, 15) is 13.6 Å². The Balaban J connectivity index is 1.37. The number of rotatable bonds is 6. The Hall–Kier alpha value is -2.55. The zero-order valence-electron chi connectivity index (χ0n) is 20.3. The molecule has 4 saturated carbocycles. The third kappa shape index (κ3) is 4.14. The first kappa shape index (κ1) is 24.8. The molecule has 3 aromatic rings. The minimum atomic E-state index is -2.63. The lowest BCUT2D eigenvalue weighted by atomic mass is 9.39. The summed E-state index contributed by atoms with van der Waals surface area (Å²) in [5.74, 6) is -2.60. The van der Waals surface area contributed by atoms with E-state index >= 15 is 0 Å². The predicted octanol–water partition coefficient (Wildman–Crippen LogP) is 5.84. The average Bonchev–Trinajstić information content (AvgIpc) is 3.21. The van der Waals surface area contributed by atoms with Gasteiger partial charge in [0, 0.05) is 53.7 Å². The monoisotopic (exact) mass is 542 g/mol. The molecule has 37 heavy (non-hydrogen) atoms. The molecular formula is C28H29ClF2N4OS. The normalized spacial score (nSPS) is 26.4. The number of halogens is 3. The Labute approximate surface area is 224 Å². The predicted molar refractivity (Wildman–Crippen MR) is 146 cm³/mol. The van der Waals surface area contributed by atoms with Crippen molar-refractivity contribution in [2.75, 3.05) is 0 Å². The second kappa shape index (κ2) is 8.48. The highest BCUT2D eigenvalue weighted by molar-refractivity contribution is 7.80. The van der Waals surface area contributed by atoms with Crippen LogP contribution < -0.4 is 16.8 Å². The van der Waals surface area contributed by atoms with E-state index in [1.54, 1.807) is 0 Å². The van der Waals surface area contributed by atoms with Gasteiger partial charge in [-0.25, -0.2) is 8.78 Å². The number of nitrogens with zero attached hydrogens (tertiary/aromatic N) is 1. The van der Waals surface area contributed by atoms with Crippen LogP contribution in [-0.4, -0.2) is 26.9 Å². The molecule has 1 heterocycles. The molecule has 4 fully saturated rings. The van der Waals surface area contributed by atoms with Gasteiger partial charge in [-0.05, 0) is 49.3 Å². The molecule has 0 atom stereocenters. The summed E-state index contributed by atoms with van der Waals surface area (Å²) in [6, 6.07) is 11.5. The third-order valence-electron chi connectivity index (χ3n) is 8.54. The lowest BCUT2D eigenvalue weighted by molar-refractivity contribution is -0.172. The second-order valence-corrected chi connectivity index (χ2v) is 12.1. The van der Waals surface area contributed by atoms with Crippen LogP contribution in [0.4, 0.5) is 8.78 Å². The van der Waals surface area contributed by atoms with Crippen molar-refractivity contribution in [2.24, 2.45) is 16.9 Å². The fourth-order valence-corrected chi connectivity index (χ4v) is 7.07. The summed E-state index contributed by atoms with van der Waals surface area (Å²) in [5, 5.41) is 4.50. The Bertz CT molecular complexity index is 1420. The van der Waals surface area contributed by atoms with Crippen LogP contribution in [0.3, 0.4) is 0 Å². The van der Waals surface area contributed by atoms with E-state index in [1.165, 1.54) is 0 Å². The molecule has 4 aliphatic rings. The fraction of sp³-hybridized carbons (Fsp3) is 0.429. The van der Waals surface area contributed by atoms with Gasteiger partial charge < -0.3 is 21.4 Å². The van der Waals surface area contributed by atoms with Gasteiger partial charge >= 0.3 is 0 Å². The maximum atomic E-state index is 14.0. The number of carbonyl (C=O) groups excluding carboxylic acids is 1. The number of aromatic nitrogens is 1. The van der Waals surface area contributed by atoms with Crippen LogP contribution in [0.5, 0.6) is 0 Å². The Kier molecular flexibility index (Phi) is 5.68. The number of nitrogens with two attached hydrogens (primary N) is 2. The molecule has 1 amide bonds. The molecule has 7 rings (SSSR count). The van der Waals surface area contributed by atoms with E-state index in [-0.39, 0.29) is 35.7 Å². The van der Waals surface area contributed by atoms with Gasteiger partial charge in [0.05, 0.1) is 16.0 Å². The minimum absolute atomic E-state index is 0.0242. The number of fused-ring (bicyclic) bond motifs is 1. The fourth-order valence-electron chi connectivity index (χ4n) is 6.62. The van der Waals surface area contributed by atoms with Gasteiger partial charge in [0.2, 0.25) is 11.8 Å². The number of carbonyl (C=O) groups is 1. The quantitative estimate of drug-likeness (QED) is 0.341. The van der Waals surface area contributed by atoms with Crippen molar-refractivity contribution in [3.63, 3.8) is 0 Å². The molecule has 5 N–H and O–H groups in total. The van der Waals surface area contributed by atoms with Crippen LogP contribution in [0.15, 0.2) is 42.6 Å². The SMILES string of the molecule is NC(=S)c1cccc(-c2cn(C3CCC(F)(F)CC3)c3c(Cl)c(CNC(=O)C45CC(N)(C4)C5)ccc23)c1. The van der Waals surface area contributed by atoms with Gasteiger partial charge in [-0.3, -0.25) is 4.79 Å². The molecule has 2 bridgehead atoms. The summed E-state index contributed by atoms with van der Waals surface area (Å²) < 4.78 is 30.0. The second-order valence-electron chi connectivity index (χ2n) is 11.3. The molecule has 1 aromatic heterocycles. The van der Waals surface area contributed by atoms with Crippen molar-refractivity contribution in [3.05, 3.63) is 58.7 Å². The van der Waals surface area contributed by atoms with Crippen LogP contribution in [-0.2, 0) is 11.3 Å². The Morgan fingerprint density at radius 3 is 2.51 bits per heavy atom. The molecular weight excluding hydrogens is 514 g/mol. The zero-order chi connectivity index (χ0) is 26.2. The average molecular weight is 543 g/mol. The molecule has 0 saturated heterocycles. The van der Waals surface area contributed by atoms with E-state index in [1.807, 2.05) is 42.6 Å². The van der Waals surface area contributed by atoms with Gasteiger partial charge in [0.25, 0.3) is 0 Å². The molecule has 0 radical (unpaired) electrons. The molecule has 5 nitrogen and oxygen atoms in total. The van der Waals surface area contributed by atoms with Crippen LogP contribution in [0.25, 0.3) is 22.0 Å².